The fourth-order valence-corrected chi connectivity index (χ4v) is 1.06. The van der Waals surface area contributed by atoms with Gasteiger partial charge in [-0.15, -0.1) is 0 Å². The highest BCUT2D eigenvalue weighted by atomic mass is 16.6. The molecule has 1 atom stereocenters. The maximum atomic E-state index is 11.2. The minimum Gasteiger partial charge on any atom is -0.444 e. The average molecular weight is 231 g/mol. The maximum absolute atomic E-state index is 11.2. The molecule has 0 unspecified atom stereocenters. The van der Waals surface area contributed by atoms with Gasteiger partial charge in [0, 0.05) is 6.54 Å². The highest BCUT2D eigenvalue weighted by Gasteiger charge is 2.17. The lowest BCUT2D eigenvalue weighted by Crippen LogP contribution is -2.42. The number of carbonyl (C=O) groups excluding carboxylic acids is 2. The number of carbonyl (C=O) groups is 2. The molecule has 0 aromatic carbocycles. The lowest BCUT2D eigenvalue weighted by Gasteiger charge is -2.20. The summed E-state index contributed by atoms with van der Waals surface area (Å²) in [6.07, 6.45) is -0.0581. The number of rotatable bonds is 5. The van der Waals surface area contributed by atoms with Gasteiger partial charge in [-0.2, -0.15) is 0 Å². The molecule has 0 heterocycles. The van der Waals surface area contributed by atoms with Crippen LogP contribution in [0.3, 0.4) is 0 Å². The number of ether oxygens (including phenoxy) is 1. The Bertz CT molecular complexity index is 248. The highest BCUT2D eigenvalue weighted by molar-refractivity contribution is 5.79. The van der Waals surface area contributed by atoms with Crippen LogP contribution >= 0.6 is 0 Å². The Morgan fingerprint density at radius 2 is 1.94 bits per heavy atom. The van der Waals surface area contributed by atoms with Gasteiger partial charge in [0.25, 0.3) is 0 Å². The normalized spacial score (nSPS) is 13.0. The molecule has 0 aromatic heterocycles. The van der Waals surface area contributed by atoms with Crippen LogP contribution in [0.15, 0.2) is 0 Å². The van der Waals surface area contributed by atoms with Gasteiger partial charge in [-0.1, -0.05) is 0 Å². The predicted octanol–water partition coefficient (Wildman–Crippen LogP) is -0.0255. The molecule has 16 heavy (non-hydrogen) atoms. The van der Waals surface area contributed by atoms with Gasteiger partial charge in [0.05, 0.1) is 6.04 Å². The van der Waals surface area contributed by atoms with Gasteiger partial charge >= 0.3 is 6.09 Å². The molecule has 0 aromatic rings. The van der Waals surface area contributed by atoms with Crippen molar-refractivity contribution < 1.29 is 14.3 Å². The van der Waals surface area contributed by atoms with Crippen molar-refractivity contribution in [3.05, 3.63) is 0 Å². The summed E-state index contributed by atoms with van der Waals surface area (Å²) < 4.78 is 5.03. The topological polar surface area (TPSA) is 93.4 Å². The molecule has 94 valence electrons. The van der Waals surface area contributed by atoms with Gasteiger partial charge in [-0.05, 0) is 34.2 Å². The van der Waals surface area contributed by atoms with E-state index in [9.17, 15) is 9.59 Å². The summed E-state index contributed by atoms with van der Waals surface area (Å²) in [6, 6.07) is -0.435. The smallest absolute Gasteiger partial charge is 0.407 e. The summed E-state index contributed by atoms with van der Waals surface area (Å²) >= 11 is 0. The number of primary amides is 1. The van der Waals surface area contributed by atoms with Crippen LogP contribution in [0.5, 0.6) is 0 Å². The van der Waals surface area contributed by atoms with Crippen molar-refractivity contribution in [2.45, 2.75) is 38.8 Å². The number of hydrogen-bond donors (Lipinski definition) is 3. The predicted molar refractivity (Wildman–Crippen MR) is 60.9 cm³/mol. The molecule has 4 N–H and O–H groups in total. The largest absolute Gasteiger partial charge is 0.444 e. The Kier molecular flexibility index (Phi) is 5.81. The monoisotopic (exact) mass is 231 g/mol. The standard InChI is InChI=1S/C10H21N3O3/c1-10(2,3)16-9(15)13-6-5-7(12-4)8(11)14/h7,12H,5-6H2,1-4H3,(H2,11,14)(H,13,15)/t7-/m0/s1. The fraction of sp³-hybridized carbons (Fsp3) is 0.800. The second-order valence-electron chi connectivity index (χ2n) is 4.46. The molecule has 0 radical (unpaired) electrons. The first kappa shape index (κ1) is 14.7. The minimum atomic E-state index is -0.518. The van der Waals surface area contributed by atoms with Crippen LogP contribution in [0.4, 0.5) is 4.79 Å². The summed E-state index contributed by atoms with van der Waals surface area (Å²) in [4.78, 5) is 22.1. The molecule has 0 spiro atoms. The molecule has 0 aliphatic carbocycles. The molecule has 0 aliphatic rings. The molecule has 0 saturated carbocycles. The molecule has 0 bridgehead atoms. The minimum absolute atomic E-state index is 0.337. The van der Waals surface area contributed by atoms with E-state index in [1.807, 2.05) is 0 Å². The first-order valence-corrected chi connectivity index (χ1v) is 5.19. The van der Waals surface area contributed by atoms with Crippen LogP contribution in [0.2, 0.25) is 0 Å². The number of nitrogens with one attached hydrogen (secondary N) is 2. The summed E-state index contributed by atoms with van der Waals surface area (Å²) in [5.74, 6) is -0.437. The van der Waals surface area contributed by atoms with Gasteiger partial charge in [-0.25, -0.2) is 4.79 Å². The van der Waals surface area contributed by atoms with Gasteiger partial charge in [0.15, 0.2) is 0 Å². The zero-order chi connectivity index (χ0) is 12.8. The molecule has 6 heteroatoms. The number of amides is 2. The molecule has 0 aliphatic heterocycles. The van der Waals surface area contributed by atoms with Crippen molar-refractivity contribution in [3.8, 4) is 0 Å². The first-order chi connectivity index (χ1) is 7.26. The SMILES string of the molecule is CN[C@@H](CCNC(=O)OC(C)(C)C)C(N)=O. The third-order valence-electron chi connectivity index (χ3n) is 1.79. The molecule has 2 amide bonds. The molecule has 0 rings (SSSR count). The van der Waals surface area contributed by atoms with E-state index in [4.69, 9.17) is 10.5 Å². The number of likely N-dealkylation sites (N-methyl/N-ethyl adjacent to an activating group) is 1. The number of hydrogen-bond acceptors (Lipinski definition) is 4. The van der Waals surface area contributed by atoms with Gasteiger partial charge in [0.1, 0.15) is 5.60 Å². The van der Waals surface area contributed by atoms with E-state index >= 15 is 0 Å². The Balaban J connectivity index is 3.81. The first-order valence-electron chi connectivity index (χ1n) is 5.19. The Labute approximate surface area is 95.9 Å². The maximum Gasteiger partial charge on any atom is 0.407 e. The zero-order valence-electron chi connectivity index (χ0n) is 10.3. The molecule has 0 saturated heterocycles. The van der Waals surface area contributed by atoms with Crippen molar-refractivity contribution in [2.75, 3.05) is 13.6 Å². The van der Waals surface area contributed by atoms with Crippen LogP contribution in [0.1, 0.15) is 27.2 Å². The second-order valence-corrected chi connectivity index (χ2v) is 4.46. The van der Waals surface area contributed by atoms with Crippen molar-refractivity contribution in [1.82, 2.24) is 10.6 Å². The summed E-state index contributed by atoms with van der Waals surface area (Å²) in [6.45, 7) is 5.69. The van der Waals surface area contributed by atoms with E-state index in [2.05, 4.69) is 10.6 Å². The Morgan fingerprint density at radius 3 is 2.31 bits per heavy atom. The lowest BCUT2D eigenvalue weighted by atomic mass is 10.2. The second kappa shape index (κ2) is 6.32. The van der Waals surface area contributed by atoms with Crippen molar-refractivity contribution in [2.24, 2.45) is 5.73 Å². The van der Waals surface area contributed by atoms with Gasteiger partial charge in [0.2, 0.25) is 5.91 Å². The summed E-state index contributed by atoms with van der Waals surface area (Å²) in [5.41, 5.74) is 4.60. The summed E-state index contributed by atoms with van der Waals surface area (Å²) in [7, 11) is 1.64. The van der Waals surface area contributed by atoms with E-state index in [0.29, 0.717) is 13.0 Å². The van der Waals surface area contributed by atoms with Gasteiger partial charge < -0.3 is 21.1 Å². The van der Waals surface area contributed by atoms with Crippen LogP contribution in [0, 0.1) is 0 Å². The van der Waals surface area contributed by atoms with E-state index < -0.39 is 23.6 Å². The third kappa shape index (κ3) is 7.05. The molecule has 6 nitrogen and oxygen atoms in total. The van der Waals surface area contributed by atoms with Crippen LogP contribution in [-0.2, 0) is 9.53 Å². The molecular formula is C10H21N3O3. The van der Waals surface area contributed by atoms with Crippen LogP contribution in [-0.4, -0.2) is 37.2 Å². The average Bonchev–Trinajstić information content (AvgIpc) is 2.08. The van der Waals surface area contributed by atoms with Crippen LogP contribution in [0.25, 0.3) is 0 Å². The van der Waals surface area contributed by atoms with Crippen molar-refractivity contribution >= 4 is 12.0 Å². The lowest BCUT2D eigenvalue weighted by molar-refractivity contribution is -0.120. The van der Waals surface area contributed by atoms with Gasteiger partial charge in [-0.3, -0.25) is 4.79 Å². The summed E-state index contributed by atoms with van der Waals surface area (Å²) in [5, 5.41) is 5.31. The zero-order valence-corrected chi connectivity index (χ0v) is 10.3. The van der Waals surface area contributed by atoms with Crippen LogP contribution < -0.4 is 16.4 Å². The number of alkyl carbamates (subject to hydrolysis) is 1. The van der Waals surface area contributed by atoms with Crippen molar-refractivity contribution in [3.63, 3.8) is 0 Å². The van der Waals surface area contributed by atoms with E-state index in [1.165, 1.54) is 0 Å². The van der Waals surface area contributed by atoms with E-state index in [0.717, 1.165) is 0 Å². The van der Waals surface area contributed by atoms with E-state index in [-0.39, 0.29) is 0 Å². The van der Waals surface area contributed by atoms with Crippen molar-refractivity contribution in [1.29, 1.82) is 0 Å². The molecule has 0 fully saturated rings. The molecular weight excluding hydrogens is 210 g/mol. The Morgan fingerprint density at radius 1 is 1.38 bits per heavy atom. The Hall–Kier alpha value is -1.30. The quantitative estimate of drug-likeness (QED) is 0.619. The number of nitrogens with two attached hydrogens (primary N) is 1. The van der Waals surface area contributed by atoms with E-state index in [1.54, 1.807) is 27.8 Å². The third-order valence-corrected chi connectivity index (χ3v) is 1.79. The highest BCUT2D eigenvalue weighted by Crippen LogP contribution is 2.06. The fourth-order valence-electron chi connectivity index (χ4n) is 1.06.